The number of carbonyl (C=O) groups is 1. The van der Waals surface area contributed by atoms with Crippen LogP contribution in [0.4, 0.5) is 0 Å². The highest BCUT2D eigenvalue weighted by Gasteiger charge is 2.14. The third kappa shape index (κ3) is 1.97. The van der Waals surface area contributed by atoms with E-state index >= 15 is 0 Å². The molecule has 0 saturated heterocycles. The summed E-state index contributed by atoms with van der Waals surface area (Å²) in [5.74, 6) is -0.129. The van der Waals surface area contributed by atoms with Crippen LogP contribution in [0, 0.1) is 0 Å². The summed E-state index contributed by atoms with van der Waals surface area (Å²) >= 11 is 3.29. The van der Waals surface area contributed by atoms with Gasteiger partial charge in [0.25, 0.3) is 0 Å². The molecule has 5 heteroatoms. The normalized spacial score (nSPS) is 10.3. The number of rotatable bonds is 2. The Bertz CT molecular complexity index is 507. The fraction of sp³-hybridized carbons (Fsp3) is 0.100. The molecule has 0 N–H and O–H groups in total. The summed E-state index contributed by atoms with van der Waals surface area (Å²) in [6.45, 7) is 0. The molecule has 0 atom stereocenters. The van der Waals surface area contributed by atoms with Crippen molar-refractivity contribution in [2.75, 3.05) is 0 Å². The van der Waals surface area contributed by atoms with Gasteiger partial charge in [-0.2, -0.15) is 5.10 Å². The summed E-state index contributed by atoms with van der Waals surface area (Å²) in [7, 11) is 1.77. The van der Waals surface area contributed by atoms with Crippen molar-refractivity contribution in [3.8, 4) is 0 Å². The van der Waals surface area contributed by atoms with Gasteiger partial charge in [0.05, 0.1) is 11.8 Å². The molecule has 0 fully saturated rings. The van der Waals surface area contributed by atoms with E-state index in [1.807, 2.05) is 0 Å². The van der Waals surface area contributed by atoms with Gasteiger partial charge in [0.2, 0.25) is 5.78 Å². The number of pyridine rings is 1. The van der Waals surface area contributed by atoms with Crippen LogP contribution in [0.5, 0.6) is 0 Å². The number of aromatic nitrogens is 3. The molecule has 0 amide bonds. The van der Waals surface area contributed by atoms with Crippen molar-refractivity contribution in [1.82, 2.24) is 14.8 Å². The number of hydrogen-bond donors (Lipinski definition) is 0. The van der Waals surface area contributed by atoms with Gasteiger partial charge in [-0.25, -0.2) is 0 Å². The van der Waals surface area contributed by atoms with Crippen LogP contribution in [0.3, 0.4) is 0 Å². The van der Waals surface area contributed by atoms with Crippen LogP contribution < -0.4 is 0 Å². The van der Waals surface area contributed by atoms with E-state index in [4.69, 9.17) is 0 Å². The molecule has 2 heterocycles. The van der Waals surface area contributed by atoms with Crippen molar-refractivity contribution in [1.29, 1.82) is 0 Å². The highest BCUT2D eigenvalue weighted by molar-refractivity contribution is 9.10. The van der Waals surface area contributed by atoms with Crippen molar-refractivity contribution >= 4 is 21.7 Å². The molecule has 0 radical (unpaired) electrons. The largest absolute Gasteiger partial charge is 0.287 e. The fourth-order valence-electron chi connectivity index (χ4n) is 1.23. The molecule has 0 aliphatic heterocycles. The number of halogens is 1. The Morgan fingerprint density at radius 3 is 2.93 bits per heavy atom. The van der Waals surface area contributed by atoms with Gasteiger partial charge in [-0.3, -0.25) is 14.5 Å². The van der Waals surface area contributed by atoms with Crippen LogP contribution in [0.2, 0.25) is 0 Å². The van der Waals surface area contributed by atoms with Crippen LogP contribution in [0.25, 0.3) is 0 Å². The lowest BCUT2D eigenvalue weighted by Crippen LogP contribution is -2.03. The van der Waals surface area contributed by atoms with E-state index in [9.17, 15) is 4.79 Å². The zero-order chi connectivity index (χ0) is 10.8. The van der Waals surface area contributed by atoms with Gasteiger partial charge >= 0.3 is 0 Å². The highest BCUT2D eigenvalue weighted by atomic mass is 79.9. The van der Waals surface area contributed by atoms with E-state index < -0.39 is 0 Å². The molecule has 0 saturated carbocycles. The first-order valence-corrected chi connectivity index (χ1v) is 5.11. The second kappa shape index (κ2) is 3.94. The molecule has 0 aliphatic carbocycles. The second-order valence-corrected chi connectivity index (χ2v) is 3.92. The summed E-state index contributed by atoms with van der Waals surface area (Å²) < 4.78 is 2.28. The minimum atomic E-state index is -0.129. The Labute approximate surface area is 95.1 Å². The monoisotopic (exact) mass is 265 g/mol. The van der Waals surface area contributed by atoms with Crippen molar-refractivity contribution in [2.24, 2.45) is 7.05 Å². The Balaban J connectivity index is 2.41. The lowest BCUT2D eigenvalue weighted by molar-refractivity contribution is 0.103. The van der Waals surface area contributed by atoms with Gasteiger partial charge in [-0.15, -0.1) is 0 Å². The minimum absolute atomic E-state index is 0.129. The lowest BCUT2D eigenvalue weighted by atomic mass is 10.1. The van der Waals surface area contributed by atoms with Gasteiger partial charge in [-0.05, 0) is 28.1 Å². The van der Waals surface area contributed by atoms with Crippen LogP contribution in [0.15, 0.2) is 35.2 Å². The van der Waals surface area contributed by atoms with Crippen LogP contribution in [-0.4, -0.2) is 20.5 Å². The van der Waals surface area contributed by atoms with Crippen molar-refractivity contribution in [3.05, 3.63) is 46.5 Å². The van der Waals surface area contributed by atoms with E-state index in [1.54, 1.807) is 36.3 Å². The Kier molecular flexibility index (Phi) is 2.64. The molecule has 0 aromatic carbocycles. The standard InChI is InChI=1S/C10H8BrN3O/c1-14-6-7(5-13-14)10(15)9-8(11)3-2-4-12-9/h2-6H,1H3. The fourth-order valence-corrected chi connectivity index (χ4v) is 1.66. The van der Waals surface area contributed by atoms with Gasteiger partial charge < -0.3 is 0 Å². The first-order chi connectivity index (χ1) is 7.18. The van der Waals surface area contributed by atoms with E-state index in [-0.39, 0.29) is 5.78 Å². The van der Waals surface area contributed by atoms with Crippen LogP contribution in [-0.2, 0) is 7.05 Å². The zero-order valence-corrected chi connectivity index (χ0v) is 9.60. The first-order valence-electron chi connectivity index (χ1n) is 4.32. The minimum Gasteiger partial charge on any atom is -0.287 e. The number of hydrogen-bond acceptors (Lipinski definition) is 3. The van der Waals surface area contributed by atoms with Gasteiger partial charge in [0.1, 0.15) is 5.69 Å². The molecule has 15 heavy (non-hydrogen) atoms. The summed E-state index contributed by atoms with van der Waals surface area (Å²) in [4.78, 5) is 16.0. The SMILES string of the molecule is Cn1cc(C(=O)c2ncccc2Br)cn1. The molecule has 0 bridgehead atoms. The topological polar surface area (TPSA) is 47.8 Å². The van der Waals surface area contributed by atoms with Gasteiger partial charge in [-0.1, -0.05) is 0 Å². The molecule has 2 aromatic rings. The molecule has 0 unspecified atom stereocenters. The lowest BCUT2D eigenvalue weighted by Gasteiger charge is -1.98. The highest BCUT2D eigenvalue weighted by Crippen LogP contribution is 2.16. The second-order valence-electron chi connectivity index (χ2n) is 3.07. The van der Waals surface area contributed by atoms with E-state index in [0.29, 0.717) is 15.7 Å². The van der Waals surface area contributed by atoms with Crippen LogP contribution in [0.1, 0.15) is 16.1 Å². The van der Waals surface area contributed by atoms with Crippen molar-refractivity contribution in [2.45, 2.75) is 0 Å². The average molecular weight is 266 g/mol. The van der Waals surface area contributed by atoms with Crippen molar-refractivity contribution in [3.63, 3.8) is 0 Å². The molecular formula is C10H8BrN3O. The van der Waals surface area contributed by atoms with Gasteiger partial charge in [0, 0.05) is 23.9 Å². The number of aryl methyl sites for hydroxylation is 1. The summed E-state index contributed by atoms with van der Waals surface area (Å²) in [5.41, 5.74) is 0.947. The smallest absolute Gasteiger partial charge is 0.215 e. The molecule has 2 rings (SSSR count). The zero-order valence-electron chi connectivity index (χ0n) is 8.01. The van der Waals surface area contributed by atoms with E-state index in [1.165, 1.54) is 6.20 Å². The number of ketones is 1. The summed E-state index contributed by atoms with van der Waals surface area (Å²) in [6.07, 6.45) is 4.79. The maximum Gasteiger partial charge on any atom is 0.215 e. The average Bonchev–Trinajstić information content (AvgIpc) is 2.65. The van der Waals surface area contributed by atoms with E-state index in [0.717, 1.165) is 0 Å². The molecule has 4 nitrogen and oxygen atoms in total. The molecule has 0 spiro atoms. The molecule has 76 valence electrons. The Morgan fingerprint density at radius 1 is 1.53 bits per heavy atom. The quantitative estimate of drug-likeness (QED) is 0.779. The summed E-state index contributed by atoms with van der Waals surface area (Å²) in [6, 6.07) is 3.56. The molecule has 0 aliphatic rings. The molecular weight excluding hydrogens is 258 g/mol. The predicted octanol–water partition coefficient (Wildman–Crippen LogP) is 1.81. The first kappa shape index (κ1) is 10.0. The van der Waals surface area contributed by atoms with Crippen molar-refractivity contribution < 1.29 is 4.79 Å². The number of nitrogens with zero attached hydrogens (tertiary/aromatic N) is 3. The maximum absolute atomic E-state index is 11.9. The Hall–Kier alpha value is -1.49. The van der Waals surface area contributed by atoms with Gasteiger partial charge in [0.15, 0.2) is 0 Å². The van der Waals surface area contributed by atoms with E-state index in [2.05, 4.69) is 26.0 Å². The maximum atomic E-state index is 11.9. The Morgan fingerprint density at radius 2 is 2.33 bits per heavy atom. The third-order valence-electron chi connectivity index (χ3n) is 1.94. The van der Waals surface area contributed by atoms with Crippen LogP contribution >= 0.6 is 15.9 Å². The predicted molar refractivity (Wildman–Crippen MR) is 58.6 cm³/mol. The third-order valence-corrected chi connectivity index (χ3v) is 2.58. The summed E-state index contributed by atoms with van der Waals surface area (Å²) in [5, 5.41) is 3.95. The number of carbonyl (C=O) groups excluding carboxylic acids is 1. The molecule has 2 aromatic heterocycles.